The van der Waals surface area contributed by atoms with E-state index in [2.05, 4.69) is 30.9 Å². The summed E-state index contributed by atoms with van der Waals surface area (Å²) in [5, 5.41) is 28.0. The summed E-state index contributed by atoms with van der Waals surface area (Å²) in [4.78, 5) is 25.3. The number of Topliss-reactive ketones (excluding diaryl/α,β-unsaturated/α-hetero) is 1. The van der Waals surface area contributed by atoms with Crippen LogP contribution in [0.2, 0.25) is 0 Å². The number of aliphatic hydroxyl groups excluding tert-OH is 1. The predicted molar refractivity (Wildman–Crippen MR) is 133 cm³/mol. The van der Waals surface area contributed by atoms with Crippen molar-refractivity contribution in [2.24, 2.45) is 5.92 Å². The molecule has 1 saturated heterocycles. The molecule has 0 spiro atoms. The number of aromatic nitrogens is 4. The number of aliphatic hydroxyl groups is 1. The average Bonchev–Trinajstić information content (AvgIpc) is 3.39. The molecule has 0 saturated carbocycles. The first-order chi connectivity index (χ1) is 17.2. The molecule has 0 amide bonds. The molecule has 3 aromatic heterocycles. The highest BCUT2D eigenvalue weighted by Gasteiger charge is 2.16. The molecule has 1 aliphatic rings. The summed E-state index contributed by atoms with van der Waals surface area (Å²) in [5.41, 5.74) is 2.60. The quantitative estimate of drug-likeness (QED) is 0.244. The van der Waals surface area contributed by atoms with Crippen molar-refractivity contribution in [3.8, 4) is 11.8 Å². The van der Waals surface area contributed by atoms with Gasteiger partial charge in [-0.1, -0.05) is 0 Å². The fraction of sp³-hybridized carbons (Fsp3) is 0.400. The van der Waals surface area contributed by atoms with Gasteiger partial charge >= 0.3 is 0 Å². The second-order valence-electron chi connectivity index (χ2n) is 8.61. The Kier molecular flexibility index (Phi) is 8.38. The molecular weight excluding hydrogens is 444 g/mol. The maximum atomic E-state index is 12.5. The van der Waals surface area contributed by atoms with Crippen LogP contribution >= 0.6 is 0 Å². The maximum absolute atomic E-state index is 12.5. The third kappa shape index (κ3) is 6.62. The van der Waals surface area contributed by atoms with Crippen molar-refractivity contribution >= 4 is 23.1 Å². The van der Waals surface area contributed by atoms with Crippen LogP contribution in [-0.4, -0.2) is 56.6 Å². The Morgan fingerprint density at radius 3 is 2.86 bits per heavy atom. The van der Waals surface area contributed by atoms with Crippen molar-refractivity contribution in [1.29, 1.82) is 5.26 Å². The maximum Gasteiger partial charge on any atom is 0.164 e. The van der Waals surface area contributed by atoms with Crippen molar-refractivity contribution in [1.82, 2.24) is 24.8 Å². The van der Waals surface area contributed by atoms with Crippen LogP contribution < -0.4 is 16.0 Å². The van der Waals surface area contributed by atoms with Crippen LogP contribution in [-0.2, 0) is 0 Å². The molecule has 4 heterocycles. The number of piperidine rings is 1. The number of anilines is 3. The Morgan fingerprint density at radius 1 is 1.23 bits per heavy atom. The summed E-state index contributed by atoms with van der Waals surface area (Å²) >= 11 is 0. The lowest BCUT2D eigenvalue weighted by Gasteiger charge is -2.24. The van der Waals surface area contributed by atoms with Crippen LogP contribution in [0.15, 0.2) is 43.1 Å². The molecule has 1 unspecified atom stereocenters. The minimum absolute atomic E-state index is 0.0608. The number of nitrogens with one attached hydrogen (secondary N) is 3. The number of pyridine rings is 1. The molecule has 3 aromatic rings. The molecule has 0 aromatic carbocycles. The minimum atomic E-state index is 0.0608. The normalized spacial score (nSPS) is 15.4. The van der Waals surface area contributed by atoms with Gasteiger partial charge in [0.15, 0.2) is 11.5 Å². The average molecular weight is 475 g/mol. The Labute approximate surface area is 204 Å². The summed E-state index contributed by atoms with van der Waals surface area (Å²) in [6, 6.07) is 5.68. The fourth-order valence-corrected chi connectivity index (χ4v) is 4.05. The van der Waals surface area contributed by atoms with E-state index < -0.39 is 0 Å². The molecule has 0 aliphatic carbocycles. The molecule has 1 atom stereocenters. The first-order valence-electron chi connectivity index (χ1n) is 11.9. The molecule has 0 radical (unpaired) electrons. The molecule has 10 nitrogen and oxygen atoms in total. The van der Waals surface area contributed by atoms with Crippen LogP contribution in [0, 0.1) is 17.2 Å². The lowest BCUT2D eigenvalue weighted by molar-refractivity contribution is 0.0977. The van der Waals surface area contributed by atoms with Gasteiger partial charge in [-0.15, -0.1) is 0 Å². The lowest BCUT2D eigenvalue weighted by Crippen LogP contribution is -2.33. The van der Waals surface area contributed by atoms with E-state index in [4.69, 9.17) is 10.4 Å². The van der Waals surface area contributed by atoms with Crippen molar-refractivity contribution in [3.05, 3.63) is 54.4 Å². The Bertz CT molecular complexity index is 1160. The number of rotatable bonds is 11. The zero-order chi connectivity index (χ0) is 24.5. The number of unbranched alkanes of at least 4 members (excludes halogenated alkanes) is 1. The highest BCUT2D eigenvalue weighted by Crippen LogP contribution is 2.26. The molecular formula is C25H30N8O2. The first-order valence-corrected chi connectivity index (χ1v) is 11.9. The van der Waals surface area contributed by atoms with Gasteiger partial charge in [0.2, 0.25) is 0 Å². The van der Waals surface area contributed by atoms with E-state index in [1.807, 2.05) is 35.2 Å². The third-order valence-corrected chi connectivity index (χ3v) is 5.99. The minimum Gasteiger partial charge on any atom is -0.396 e. The summed E-state index contributed by atoms with van der Waals surface area (Å²) in [6.45, 7) is 2.96. The van der Waals surface area contributed by atoms with Crippen molar-refractivity contribution in [3.63, 3.8) is 0 Å². The summed E-state index contributed by atoms with van der Waals surface area (Å²) in [6.07, 6.45) is 12.4. The second kappa shape index (κ2) is 12.1. The van der Waals surface area contributed by atoms with Crippen LogP contribution in [0.25, 0.3) is 5.69 Å². The van der Waals surface area contributed by atoms with Gasteiger partial charge in [0.25, 0.3) is 0 Å². The molecule has 182 valence electrons. The van der Waals surface area contributed by atoms with E-state index in [-0.39, 0.29) is 18.1 Å². The number of ketones is 1. The Balaban J connectivity index is 1.55. The van der Waals surface area contributed by atoms with Crippen molar-refractivity contribution in [2.45, 2.75) is 32.1 Å². The SMILES string of the molecule is N#Cc1cnc(Nc2cc(NCC3CCCNC3)c(-n3ccc(C(=O)CCCCO)c3)cn2)cn1. The van der Waals surface area contributed by atoms with Gasteiger partial charge < -0.3 is 25.6 Å². The van der Waals surface area contributed by atoms with E-state index in [1.165, 1.54) is 25.2 Å². The summed E-state index contributed by atoms with van der Waals surface area (Å²) < 4.78 is 1.90. The highest BCUT2D eigenvalue weighted by molar-refractivity contribution is 5.96. The molecule has 1 fully saturated rings. The van der Waals surface area contributed by atoms with Crippen LogP contribution in [0.5, 0.6) is 0 Å². The van der Waals surface area contributed by atoms with E-state index in [9.17, 15) is 4.79 Å². The monoisotopic (exact) mass is 474 g/mol. The van der Waals surface area contributed by atoms with Crippen molar-refractivity contribution < 1.29 is 9.90 Å². The summed E-state index contributed by atoms with van der Waals surface area (Å²) in [7, 11) is 0. The van der Waals surface area contributed by atoms with Crippen LogP contribution in [0.4, 0.5) is 17.3 Å². The lowest BCUT2D eigenvalue weighted by atomic mass is 10.00. The van der Waals surface area contributed by atoms with Crippen LogP contribution in [0.3, 0.4) is 0 Å². The van der Waals surface area contributed by atoms with Crippen LogP contribution in [0.1, 0.15) is 48.2 Å². The summed E-state index contributed by atoms with van der Waals surface area (Å²) in [5.74, 6) is 1.66. The van der Waals surface area contributed by atoms with E-state index in [0.29, 0.717) is 42.4 Å². The molecule has 1 aliphatic heterocycles. The predicted octanol–water partition coefficient (Wildman–Crippen LogP) is 3.03. The van der Waals surface area contributed by atoms with Crippen molar-refractivity contribution in [2.75, 3.05) is 36.9 Å². The molecule has 35 heavy (non-hydrogen) atoms. The number of hydrogen-bond donors (Lipinski definition) is 4. The third-order valence-electron chi connectivity index (χ3n) is 5.99. The van der Waals surface area contributed by atoms with Gasteiger partial charge in [-0.05, 0) is 50.8 Å². The van der Waals surface area contributed by atoms with Gasteiger partial charge in [-0.2, -0.15) is 5.26 Å². The van der Waals surface area contributed by atoms with Gasteiger partial charge in [-0.25, -0.2) is 15.0 Å². The molecule has 4 rings (SSSR count). The number of nitriles is 1. The van der Waals surface area contributed by atoms with Gasteiger partial charge in [0, 0.05) is 43.6 Å². The number of carbonyl (C=O) groups is 1. The van der Waals surface area contributed by atoms with Gasteiger partial charge in [-0.3, -0.25) is 4.79 Å². The fourth-order valence-electron chi connectivity index (χ4n) is 4.05. The topological polar surface area (TPSA) is 141 Å². The van der Waals surface area contributed by atoms with Gasteiger partial charge in [0.05, 0.1) is 30.0 Å². The number of nitrogens with zero attached hydrogens (tertiary/aromatic N) is 5. The number of carbonyl (C=O) groups excluding carboxylic acids is 1. The van der Waals surface area contributed by atoms with E-state index in [1.54, 1.807) is 6.20 Å². The zero-order valence-electron chi connectivity index (χ0n) is 19.6. The molecule has 10 heteroatoms. The molecule has 4 N–H and O–H groups in total. The van der Waals surface area contributed by atoms with E-state index in [0.717, 1.165) is 31.0 Å². The smallest absolute Gasteiger partial charge is 0.164 e. The standard InChI is InChI=1S/C25H30N8O2/c26-11-20-14-30-25(16-28-20)32-24-10-21(29-13-18-4-3-7-27-12-18)22(15-31-24)33-8-6-19(17-33)23(35)5-1-2-9-34/h6,8,10,14-18,27,34H,1-5,7,9,12-13H2,(H2,29,30,31,32). The zero-order valence-corrected chi connectivity index (χ0v) is 19.6. The second-order valence-corrected chi connectivity index (χ2v) is 8.61. The Morgan fingerprint density at radius 2 is 2.11 bits per heavy atom. The highest BCUT2D eigenvalue weighted by atomic mass is 16.3. The van der Waals surface area contributed by atoms with E-state index >= 15 is 0 Å². The van der Waals surface area contributed by atoms with Gasteiger partial charge in [0.1, 0.15) is 17.7 Å². The molecule has 0 bridgehead atoms. The Hall–Kier alpha value is -3.81. The largest absolute Gasteiger partial charge is 0.396 e. The first kappa shape index (κ1) is 24.3. The number of hydrogen-bond acceptors (Lipinski definition) is 9.